The molecule has 2 amide bonds. The molecule has 0 radical (unpaired) electrons. The molecule has 1 aliphatic rings. The fraction of sp³-hybridized carbons (Fsp3) is 0.200. The van der Waals surface area contributed by atoms with Gasteiger partial charge in [0.1, 0.15) is 29.1 Å². The minimum Gasteiger partial charge on any atom is -0.491 e. The van der Waals surface area contributed by atoms with E-state index in [1.54, 1.807) is 12.1 Å². The highest BCUT2D eigenvalue weighted by molar-refractivity contribution is 5.89. The fourth-order valence-corrected chi connectivity index (χ4v) is 3.41. The molecule has 1 atom stereocenters. The zero-order chi connectivity index (χ0) is 22.8. The first kappa shape index (κ1) is 21.3. The van der Waals surface area contributed by atoms with Crippen molar-refractivity contribution in [1.82, 2.24) is 20.3 Å². The maximum absolute atomic E-state index is 14.5. The lowest BCUT2D eigenvalue weighted by Gasteiger charge is -2.38. The van der Waals surface area contributed by atoms with Crippen molar-refractivity contribution in [3.63, 3.8) is 0 Å². The molecule has 0 saturated carbocycles. The first-order valence-electron chi connectivity index (χ1n) is 9.26. The van der Waals surface area contributed by atoms with Crippen molar-refractivity contribution in [1.29, 1.82) is 0 Å². The number of carbonyl (C=O) groups is 1. The molecular formula is C20H15F4N5O3. The van der Waals surface area contributed by atoms with Gasteiger partial charge in [-0.3, -0.25) is 10.3 Å². The summed E-state index contributed by atoms with van der Waals surface area (Å²) in [5.41, 5.74) is -0.970. The number of pyridine rings is 1. The van der Waals surface area contributed by atoms with Gasteiger partial charge in [0.15, 0.2) is 11.6 Å². The summed E-state index contributed by atoms with van der Waals surface area (Å²) in [5, 5.41) is 5.30. The average molecular weight is 449 g/mol. The van der Waals surface area contributed by atoms with Gasteiger partial charge in [0.25, 0.3) is 0 Å². The van der Waals surface area contributed by atoms with Crippen LogP contribution < -0.4 is 20.1 Å². The van der Waals surface area contributed by atoms with E-state index in [1.165, 1.54) is 30.9 Å². The van der Waals surface area contributed by atoms with Gasteiger partial charge in [0.05, 0.1) is 6.61 Å². The molecule has 0 unspecified atom stereocenters. The SMILES string of the molecule is O=C(Nc1ccncn1)N[C@]1(c2ccc(OC(F)(F)F)c(F)c2)CCOc2cccnc21. The van der Waals surface area contributed by atoms with Gasteiger partial charge in [-0.05, 0) is 35.9 Å². The van der Waals surface area contributed by atoms with E-state index in [4.69, 9.17) is 4.74 Å². The third kappa shape index (κ3) is 4.38. The highest BCUT2D eigenvalue weighted by Gasteiger charge is 2.43. The van der Waals surface area contributed by atoms with Crippen LogP contribution in [0.5, 0.6) is 11.5 Å². The molecule has 0 spiro atoms. The number of aromatic nitrogens is 3. The summed E-state index contributed by atoms with van der Waals surface area (Å²) in [6.07, 6.45) is -0.788. The van der Waals surface area contributed by atoms with Gasteiger partial charge in [0, 0.05) is 18.8 Å². The number of rotatable bonds is 4. The Morgan fingerprint density at radius 2 is 2.00 bits per heavy atom. The molecule has 2 N–H and O–H groups in total. The standard InChI is InChI=1S/C20H15F4N5O3/c21-13-10-12(3-4-14(13)32-20(22,23)24)19(6-9-31-15-2-1-7-26-17(15)19)29-18(30)28-16-5-8-25-11-27-16/h1-5,7-8,10-11H,6,9H2,(H2,25,27,28,29,30)/t19-/m0/s1. The topological polar surface area (TPSA) is 98.3 Å². The van der Waals surface area contributed by atoms with Crippen molar-refractivity contribution in [3.8, 4) is 11.5 Å². The summed E-state index contributed by atoms with van der Waals surface area (Å²) in [5.74, 6) is -1.69. The molecule has 3 aromatic rings. The van der Waals surface area contributed by atoms with Gasteiger partial charge in [-0.15, -0.1) is 13.2 Å². The molecule has 0 bridgehead atoms. The first-order valence-corrected chi connectivity index (χ1v) is 9.26. The second-order valence-corrected chi connectivity index (χ2v) is 6.72. The van der Waals surface area contributed by atoms with Crippen molar-refractivity contribution in [2.75, 3.05) is 11.9 Å². The molecule has 8 nitrogen and oxygen atoms in total. The van der Waals surface area contributed by atoms with Crippen molar-refractivity contribution >= 4 is 11.8 Å². The highest BCUT2D eigenvalue weighted by Crippen LogP contribution is 2.41. The van der Waals surface area contributed by atoms with Crippen LogP contribution in [0.2, 0.25) is 0 Å². The Bertz CT molecular complexity index is 1130. The largest absolute Gasteiger partial charge is 0.573 e. The van der Waals surface area contributed by atoms with E-state index in [1.807, 2.05) is 0 Å². The number of anilines is 1. The Labute approximate surface area is 178 Å². The van der Waals surface area contributed by atoms with Crippen LogP contribution in [-0.2, 0) is 5.54 Å². The number of fused-ring (bicyclic) bond motifs is 1. The lowest BCUT2D eigenvalue weighted by Crippen LogP contribution is -2.51. The number of amides is 2. The van der Waals surface area contributed by atoms with Crippen molar-refractivity contribution in [3.05, 3.63) is 72.2 Å². The number of nitrogens with zero attached hydrogens (tertiary/aromatic N) is 3. The molecule has 0 fully saturated rings. The Hall–Kier alpha value is -3.96. The molecule has 2 aromatic heterocycles. The maximum Gasteiger partial charge on any atom is 0.573 e. The average Bonchev–Trinajstić information content (AvgIpc) is 2.75. The fourth-order valence-electron chi connectivity index (χ4n) is 3.41. The second kappa shape index (κ2) is 8.29. The number of hydrogen-bond acceptors (Lipinski definition) is 6. The zero-order valence-electron chi connectivity index (χ0n) is 16.2. The smallest absolute Gasteiger partial charge is 0.491 e. The Balaban J connectivity index is 1.74. The van der Waals surface area contributed by atoms with Gasteiger partial charge >= 0.3 is 12.4 Å². The van der Waals surface area contributed by atoms with Crippen molar-refractivity contribution in [2.45, 2.75) is 18.3 Å². The Kier molecular flexibility index (Phi) is 5.51. The number of ether oxygens (including phenoxy) is 2. The van der Waals surface area contributed by atoms with Gasteiger partial charge in [-0.2, -0.15) is 0 Å². The van der Waals surface area contributed by atoms with Gasteiger partial charge in [-0.1, -0.05) is 6.07 Å². The number of hydrogen-bond donors (Lipinski definition) is 2. The van der Waals surface area contributed by atoms with Crippen molar-refractivity contribution < 1.29 is 31.8 Å². The normalized spacial score (nSPS) is 17.6. The lowest BCUT2D eigenvalue weighted by molar-refractivity contribution is -0.275. The summed E-state index contributed by atoms with van der Waals surface area (Å²) < 4.78 is 61.5. The first-order chi connectivity index (χ1) is 15.3. The van der Waals surface area contributed by atoms with E-state index < -0.39 is 29.5 Å². The predicted molar refractivity (Wildman–Crippen MR) is 102 cm³/mol. The van der Waals surface area contributed by atoms with Crippen LogP contribution in [0.3, 0.4) is 0 Å². The summed E-state index contributed by atoms with van der Waals surface area (Å²) >= 11 is 0. The summed E-state index contributed by atoms with van der Waals surface area (Å²) in [7, 11) is 0. The van der Waals surface area contributed by atoms with Crippen LogP contribution in [0, 0.1) is 5.82 Å². The third-order valence-electron chi connectivity index (χ3n) is 4.71. The van der Waals surface area contributed by atoms with Crippen LogP contribution in [0.4, 0.5) is 28.2 Å². The monoisotopic (exact) mass is 449 g/mol. The Morgan fingerprint density at radius 1 is 1.16 bits per heavy atom. The number of halogens is 4. The number of alkyl halides is 3. The quantitative estimate of drug-likeness (QED) is 0.589. The molecule has 1 aromatic carbocycles. The molecule has 4 rings (SSSR count). The van der Waals surface area contributed by atoms with Crippen LogP contribution in [-0.4, -0.2) is 34.0 Å². The van der Waals surface area contributed by atoms with Crippen molar-refractivity contribution in [2.24, 2.45) is 0 Å². The van der Waals surface area contributed by atoms with E-state index in [0.717, 1.165) is 12.1 Å². The van der Waals surface area contributed by atoms with Gasteiger partial charge in [0.2, 0.25) is 0 Å². The molecule has 12 heteroatoms. The van der Waals surface area contributed by atoms with E-state index in [9.17, 15) is 22.4 Å². The minimum atomic E-state index is -5.05. The van der Waals surface area contributed by atoms with Crippen LogP contribution >= 0.6 is 0 Å². The lowest BCUT2D eigenvalue weighted by atomic mass is 9.81. The number of nitrogens with one attached hydrogen (secondary N) is 2. The van der Waals surface area contributed by atoms with E-state index in [0.29, 0.717) is 5.75 Å². The summed E-state index contributed by atoms with van der Waals surface area (Å²) in [6.45, 7) is 0.134. The second-order valence-electron chi connectivity index (χ2n) is 6.72. The molecule has 3 heterocycles. The number of carbonyl (C=O) groups excluding carboxylic acids is 1. The Morgan fingerprint density at radius 3 is 2.72 bits per heavy atom. The molecule has 166 valence electrons. The van der Waals surface area contributed by atoms with Crippen LogP contribution in [0.1, 0.15) is 17.7 Å². The molecule has 32 heavy (non-hydrogen) atoms. The van der Waals surface area contributed by atoms with E-state index >= 15 is 0 Å². The summed E-state index contributed by atoms with van der Waals surface area (Å²) in [6, 6.07) is 6.97. The van der Waals surface area contributed by atoms with Gasteiger partial charge in [-0.25, -0.2) is 19.2 Å². The zero-order valence-corrected chi connectivity index (χ0v) is 16.2. The molecule has 0 saturated heterocycles. The highest BCUT2D eigenvalue weighted by atomic mass is 19.4. The maximum atomic E-state index is 14.5. The molecule has 0 aliphatic carbocycles. The molecule has 1 aliphatic heterocycles. The van der Waals surface area contributed by atoms with Crippen LogP contribution in [0.25, 0.3) is 0 Å². The number of benzene rings is 1. The van der Waals surface area contributed by atoms with Gasteiger partial charge < -0.3 is 14.8 Å². The number of urea groups is 1. The van der Waals surface area contributed by atoms with E-state index in [2.05, 4.69) is 30.3 Å². The molecular weight excluding hydrogens is 434 g/mol. The summed E-state index contributed by atoms with van der Waals surface area (Å²) in [4.78, 5) is 24.7. The minimum absolute atomic E-state index is 0.132. The predicted octanol–water partition coefficient (Wildman–Crippen LogP) is 3.76. The van der Waals surface area contributed by atoms with Crippen LogP contribution in [0.15, 0.2) is 55.1 Å². The third-order valence-corrected chi connectivity index (χ3v) is 4.71. The van der Waals surface area contributed by atoms with E-state index in [-0.39, 0.29) is 30.1 Å².